The number of hydrogen-bond donors (Lipinski definition) is 0. The van der Waals surface area contributed by atoms with Crippen molar-refractivity contribution >= 4 is 31.9 Å². The van der Waals surface area contributed by atoms with Gasteiger partial charge in [0.1, 0.15) is 5.75 Å². The Hall–Kier alpha value is -0.0200. The lowest BCUT2D eigenvalue weighted by Gasteiger charge is -2.11. The zero-order valence-corrected chi connectivity index (χ0v) is 11.6. The van der Waals surface area contributed by atoms with Gasteiger partial charge in [0.25, 0.3) is 0 Å². The molecule has 1 atom stereocenters. The number of halogens is 2. The van der Waals surface area contributed by atoms with Crippen LogP contribution in [0, 0.1) is 0 Å². The van der Waals surface area contributed by atoms with E-state index in [1.165, 1.54) is 5.56 Å². The average molecular weight is 322 g/mol. The summed E-state index contributed by atoms with van der Waals surface area (Å²) in [6, 6.07) is 6.12. The van der Waals surface area contributed by atoms with Gasteiger partial charge in [-0.1, -0.05) is 44.8 Å². The van der Waals surface area contributed by atoms with Gasteiger partial charge in [-0.15, -0.1) is 0 Å². The van der Waals surface area contributed by atoms with Crippen molar-refractivity contribution in [1.29, 1.82) is 0 Å². The average Bonchev–Trinajstić information content (AvgIpc) is 2.17. The Morgan fingerprint density at radius 1 is 1.36 bits per heavy atom. The second-order valence-corrected chi connectivity index (χ2v) is 4.95. The Labute approximate surface area is 102 Å². The minimum Gasteiger partial charge on any atom is -0.494 e. The van der Waals surface area contributed by atoms with E-state index in [0.717, 1.165) is 16.6 Å². The highest BCUT2D eigenvalue weighted by molar-refractivity contribution is 9.11. The van der Waals surface area contributed by atoms with Crippen LogP contribution >= 0.6 is 31.9 Å². The standard InChI is InChI=1S/C11H14Br2O/c1-3-10(12)9-6-5-8(14-4-2)7-11(9)13/h5-7,10H,3-4H2,1-2H3. The van der Waals surface area contributed by atoms with Gasteiger partial charge in [-0.05, 0) is 31.0 Å². The fourth-order valence-electron chi connectivity index (χ4n) is 1.24. The highest BCUT2D eigenvalue weighted by atomic mass is 79.9. The number of benzene rings is 1. The minimum absolute atomic E-state index is 0.410. The van der Waals surface area contributed by atoms with Crippen molar-refractivity contribution in [1.82, 2.24) is 0 Å². The van der Waals surface area contributed by atoms with Crippen LogP contribution in [0.15, 0.2) is 22.7 Å². The summed E-state index contributed by atoms with van der Waals surface area (Å²) in [6.45, 7) is 4.85. The summed E-state index contributed by atoms with van der Waals surface area (Å²) in [6.07, 6.45) is 1.08. The molecule has 0 saturated heterocycles. The lowest BCUT2D eigenvalue weighted by atomic mass is 10.1. The van der Waals surface area contributed by atoms with Crippen LogP contribution < -0.4 is 4.74 Å². The molecule has 0 bridgehead atoms. The number of rotatable bonds is 4. The molecule has 0 aliphatic heterocycles. The Kier molecular flexibility index (Phi) is 4.96. The molecule has 0 fully saturated rings. The third-order valence-corrected chi connectivity index (χ3v) is 3.81. The maximum Gasteiger partial charge on any atom is 0.120 e. The van der Waals surface area contributed by atoms with Crippen LogP contribution in [0.2, 0.25) is 0 Å². The maximum absolute atomic E-state index is 5.41. The maximum atomic E-state index is 5.41. The molecular formula is C11H14Br2O. The van der Waals surface area contributed by atoms with Crippen LogP contribution in [0.25, 0.3) is 0 Å². The fourth-order valence-corrected chi connectivity index (χ4v) is 2.58. The predicted molar refractivity (Wildman–Crippen MR) is 67.3 cm³/mol. The van der Waals surface area contributed by atoms with E-state index in [-0.39, 0.29) is 0 Å². The van der Waals surface area contributed by atoms with Gasteiger partial charge in [0.15, 0.2) is 0 Å². The molecule has 78 valence electrons. The van der Waals surface area contributed by atoms with Crippen LogP contribution in [-0.2, 0) is 0 Å². The summed E-state index contributed by atoms with van der Waals surface area (Å²) in [7, 11) is 0. The van der Waals surface area contributed by atoms with Crippen molar-refractivity contribution in [3.8, 4) is 5.75 Å². The van der Waals surface area contributed by atoms with E-state index in [0.29, 0.717) is 11.4 Å². The lowest BCUT2D eigenvalue weighted by Crippen LogP contribution is -1.94. The Morgan fingerprint density at radius 3 is 2.57 bits per heavy atom. The summed E-state index contributed by atoms with van der Waals surface area (Å²) in [4.78, 5) is 0.410. The van der Waals surface area contributed by atoms with E-state index in [1.54, 1.807) is 0 Å². The van der Waals surface area contributed by atoms with Gasteiger partial charge in [-0.3, -0.25) is 0 Å². The smallest absolute Gasteiger partial charge is 0.120 e. The molecule has 1 unspecified atom stereocenters. The molecule has 0 aliphatic rings. The first-order valence-electron chi connectivity index (χ1n) is 4.75. The number of hydrogen-bond acceptors (Lipinski definition) is 1. The molecule has 0 aromatic heterocycles. The van der Waals surface area contributed by atoms with E-state index in [2.05, 4.69) is 44.8 Å². The predicted octanol–water partition coefficient (Wildman–Crippen LogP) is 4.69. The summed E-state index contributed by atoms with van der Waals surface area (Å²) in [5.74, 6) is 0.916. The quantitative estimate of drug-likeness (QED) is 0.731. The molecular weight excluding hydrogens is 308 g/mol. The molecule has 0 spiro atoms. The first kappa shape index (κ1) is 12.1. The van der Waals surface area contributed by atoms with Gasteiger partial charge in [-0.25, -0.2) is 0 Å². The molecule has 14 heavy (non-hydrogen) atoms. The molecule has 1 nitrogen and oxygen atoms in total. The Bertz CT molecular complexity index is 299. The largest absolute Gasteiger partial charge is 0.494 e. The number of alkyl halides is 1. The molecule has 1 aromatic rings. The molecule has 0 heterocycles. The molecule has 0 saturated carbocycles. The topological polar surface area (TPSA) is 9.23 Å². The molecule has 1 rings (SSSR count). The molecule has 1 aromatic carbocycles. The summed E-state index contributed by atoms with van der Waals surface area (Å²) in [5.41, 5.74) is 1.27. The van der Waals surface area contributed by atoms with Crippen LogP contribution in [0.5, 0.6) is 5.75 Å². The van der Waals surface area contributed by atoms with Gasteiger partial charge in [0.2, 0.25) is 0 Å². The second-order valence-electron chi connectivity index (χ2n) is 2.99. The van der Waals surface area contributed by atoms with Crippen LogP contribution in [0.1, 0.15) is 30.7 Å². The van der Waals surface area contributed by atoms with Crippen molar-refractivity contribution < 1.29 is 4.74 Å². The monoisotopic (exact) mass is 320 g/mol. The van der Waals surface area contributed by atoms with Gasteiger partial charge >= 0.3 is 0 Å². The third-order valence-electron chi connectivity index (χ3n) is 1.98. The van der Waals surface area contributed by atoms with Crippen molar-refractivity contribution in [2.45, 2.75) is 25.1 Å². The fraction of sp³-hybridized carbons (Fsp3) is 0.455. The third kappa shape index (κ3) is 2.99. The highest BCUT2D eigenvalue weighted by Crippen LogP contribution is 2.34. The molecule has 3 heteroatoms. The van der Waals surface area contributed by atoms with Crippen molar-refractivity contribution in [3.05, 3.63) is 28.2 Å². The van der Waals surface area contributed by atoms with Crippen molar-refractivity contribution in [2.75, 3.05) is 6.61 Å². The van der Waals surface area contributed by atoms with Crippen LogP contribution in [-0.4, -0.2) is 6.61 Å². The molecule has 0 radical (unpaired) electrons. The molecule has 0 amide bonds. The molecule has 0 aliphatic carbocycles. The van der Waals surface area contributed by atoms with Crippen molar-refractivity contribution in [3.63, 3.8) is 0 Å². The van der Waals surface area contributed by atoms with Gasteiger partial charge in [0, 0.05) is 9.30 Å². The molecule has 0 N–H and O–H groups in total. The first-order chi connectivity index (χ1) is 6.69. The van der Waals surface area contributed by atoms with Gasteiger partial charge in [-0.2, -0.15) is 0 Å². The minimum atomic E-state index is 0.410. The highest BCUT2D eigenvalue weighted by Gasteiger charge is 2.09. The SMILES string of the molecule is CCOc1ccc(C(Br)CC)c(Br)c1. The van der Waals surface area contributed by atoms with Crippen LogP contribution in [0.3, 0.4) is 0 Å². The normalized spacial score (nSPS) is 12.6. The zero-order valence-electron chi connectivity index (χ0n) is 8.39. The summed E-state index contributed by atoms with van der Waals surface area (Å²) < 4.78 is 6.51. The zero-order chi connectivity index (χ0) is 10.6. The first-order valence-corrected chi connectivity index (χ1v) is 6.46. The van der Waals surface area contributed by atoms with E-state index in [4.69, 9.17) is 4.74 Å². The Morgan fingerprint density at radius 2 is 2.07 bits per heavy atom. The lowest BCUT2D eigenvalue weighted by molar-refractivity contribution is 0.340. The van der Waals surface area contributed by atoms with Crippen LogP contribution in [0.4, 0.5) is 0 Å². The second kappa shape index (κ2) is 5.76. The van der Waals surface area contributed by atoms with Crippen molar-refractivity contribution in [2.24, 2.45) is 0 Å². The number of ether oxygens (including phenoxy) is 1. The van der Waals surface area contributed by atoms with E-state index >= 15 is 0 Å². The van der Waals surface area contributed by atoms with E-state index < -0.39 is 0 Å². The van der Waals surface area contributed by atoms with E-state index in [1.807, 2.05) is 19.1 Å². The van der Waals surface area contributed by atoms with E-state index in [9.17, 15) is 0 Å². The summed E-state index contributed by atoms with van der Waals surface area (Å²) >= 11 is 7.18. The van der Waals surface area contributed by atoms with Gasteiger partial charge < -0.3 is 4.74 Å². The van der Waals surface area contributed by atoms with Gasteiger partial charge in [0.05, 0.1) is 6.61 Å². The summed E-state index contributed by atoms with van der Waals surface area (Å²) in [5, 5.41) is 0. The Balaban J connectivity index is 2.89.